The van der Waals surface area contributed by atoms with Gasteiger partial charge in [-0.1, -0.05) is 17.7 Å². The number of carbonyl (C=O) groups is 1. The molecule has 1 aromatic carbocycles. The first-order valence-corrected chi connectivity index (χ1v) is 6.21. The summed E-state index contributed by atoms with van der Waals surface area (Å²) in [6.07, 6.45) is 0. The second-order valence-electron chi connectivity index (χ2n) is 3.61. The lowest BCUT2D eigenvalue weighted by Crippen LogP contribution is -2.25. The largest absolute Gasteiger partial charge is 0.299 e. The van der Waals surface area contributed by atoms with Crippen molar-refractivity contribution < 1.29 is 13.2 Å². The summed E-state index contributed by atoms with van der Waals surface area (Å²) in [5.41, 5.74) is 0.990. The van der Waals surface area contributed by atoms with Gasteiger partial charge in [-0.25, -0.2) is 8.42 Å². The van der Waals surface area contributed by atoms with Gasteiger partial charge in [-0.05, 0) is 32.9 Å². The van der Waals surface area contributed by atoms with Crippen LogP contribution in [0.1, 0.15) is 19.4 Å². The first-order chi connectivity index (χ1) is 6.85. The second-order valence-corrected chi connectivity index (χ2v) is 5.88. The molecule has 82 valence electrons. The number of sulfone groups is 1. The lowest BCUT2D eigenvalue weighted by atomic mass is 10.2. The Hall–Kier alpha value is -1.16. The Morgan fingerprint density at radius 3 is 2.07 bits per heavy atom. The topological polar surface area (TPSA) is 51.2 Å². The van der Waals surface area contributed by atoms with Gasteiger partial charge in [0.15, 0.2) is 9.84 Å². The van der Waals surface area contributed by atoms with Crippen molar-refractivity contribution in [3.05, 3.63) is 29.8 Å². The predicted molar refractivity (Wildman–Crippen MR) is 58.5 cm³/mol. The molecule has 0 N–H and O–H groups in total. The van der Waals surface area contributed by atoms with Crippen LogP contribution >= 0.6 is 0 Å². The zero-order valence-corrected chi connectivity index (χ0v) is 9.84. The molecule has 1 unspecified atom stereocenters. The van der Waals surface area contributed by atoms with Crippen molar-refractivity contribution in [1.82, 2.24) is 0 Å². The van der Waals surface area contributed by atoms with Crippen LogP contribution in [0, 0.1) is 6.92 Å². The van der Waals surface area contributed by atoms with Gasteiger partial charge in [-0.15, -0.1) is 0 Å². The zero-order chi connectivity index (χ0) is 11.6. The van der Waals surface area contributed by atoms with Crippen molar-refractivity contribution in [2.45, 2.75) is 30.9 Å². The van der Waals surface area contributed by atoms with E-state index in [1.165, 1.54) is 26.0 Å². The molecule has 0 aliphatic carbocycles. The van der Waals surface area contributed by atoms with Crippen molar-refractivity contribution in [3.63, 3.8) is 0 Å². The van der Waals surface area contributed by atoms with E-state index in [9.17, 15) is 13.2 Å². The van der Waals surface area contributed by atoms with Crippen LogP contribution in [0.15, 0.2) is 29.2 Å². The van der Waals surface area contributed by atoms with Gasteiger partial charge in [0, 0.05) is 0 Å². The van der Waals surface area contributed by atoms with E-state index in [-0.39, 0.29) is 10.7 Å². The number of ketones is 1. The maximum absolute atomic E-state index is 11.9. The van der Waals surface area contributed by atoms with Gasteiger partial charge in [0.2, 0.25) is 0 Å². The Kier molecular flexibility index (Phi) is 3.29. The Morgan fingerprint density at radius 1 is 1.20 bits per heavy atom. The molecule has 0 bridgehead atoms. The SMILES string of the molecule is CC(=O)C(C)S(=O)(=O)c1ccc(C)cc1. The van der Waals surface area contributed by atoms with Gasteiger partial charge in [0.05, 0.1) is 4.90 Å². The minimum atomic E-state index is -3.50. The monoisotopic (exact) mass is 226 g/mol. The second kappa shape index (κ2) is 4.14. The molecular formula is C11H14O3S. The molecule has 0 saturated heterocycles. The summed E-state index contributed by atoms with van der Waals surface area (Å²) in [5, 5.41) is -0.972. The number of Topliss-reactive ketones (excluding diaryl/α,β-unsaturated/α-hetero) is 1. The van der Waals surface area contributed by atoms with E-state index in [4.69, 9.17) is 0 Å². The third-order valence-electron chi connectivity index (χ3n) is 2.39. The number of aryl methyl sites for hydroxylation is 1. The van der Waals surface area contributed by atoms with Gasteiger partial charge in [-0.2, -0.15) is 0 Å². The number of hydrogen-bond acceptors (Lipinski definition) is 3. The van der Waals surface area contributed by atoms with E-state index in [0.29, 0.717) is 0 Å². The van der Waals surface area contributed by atoms with Crippen LogP contribution in [-0.2, 0) is 14.6 Å². The highest BCUT2D eigenvalue weighted by atomic mass is 32.2. The van der Waals surface area contributed by atoms with Crippen LogP contribution in [0.2, 0.25) is 0 Å². The van der Waals surface area contributed by atoms with E-state index >= 15 is 0 Å². The molecule has 4 heteroatoms. The minimum Gasteiger partial charge on any atom is -0.299 e. The molecular weight excluding hydrogens is 212 g/mol. The van der Waals surface area contributed by atoms with Crippen molar-refractivity contribution in [2.75, 3.05) is 0 Å². The maximum Gasteiger partial charge on any atom is 0.188 e. The van der Waals surface area contributed by atoms with Crippen LogP contribution in [-0.4, -0.2) is 19.5 Å². The lowest BCUT2D eigenvalue weighted by Gasteiger charge is -2.09. The molecule has 0 fully saturated rings. The fraction of sp³-hybridized carbons (Fsp3) is 0.364. The third-order valence-corrected chi connectivity index (χ3v) is 4.58. The summed E-state index contributed by atoms with van der Waals surface area (Å²) in [6, 6.07) is 6.51. The average Bonchev–Trinajstić information content (AvgIpc) is 2.17. The number of hydrogen-bond donors (Lipinski definition) is 0. The molecule has 0 amide bonds. The molecule has 3 nitrogen and oxygen atoms in total. The van der Waals surface area contributed by atoms with E-state index in [0.717, 1.165) is 5.56 Å². The molecule has 1 rings (SSSR count). The first-order valence-electron chi connectivity index (χ1n) is 4.66. The molecule has 0 aromatic heterocycles. The summed E-state index contributed by atoms with van der Waals surface area (Å²) < 4.78 is 23.7. The zero-order valence-electron chi connectivity index (χ0n) is 9.02. The Morgan fingerprint density at radius 2 is 1.67 bits per heavy atom. The van der Waals surface area contributed by atoms with E-state index < -0.39 is 15.1 Å². The van der Waals surface area contributed by atoms with Gasteiger partial charge >= 0.3 is 0 Å². The average molecular weight is 226 g/mol. The fourth-order valence-electron chi connectivity index (χ4n) is 1.15. The van der Waals surface area contributed by atoms with Crippen molar-refractivity contribution in [2.24, 2.45) is 0 Å². The number of benzene rings is 1. The van der Waals surface area contributed by atoms with Crippen LogP contribution in [0.25, 0.3) is 0 Å². The van der Waals surface area contributed by atoms with Crippen LogP contribution in [0.3, 0.4) is 0 Å². The van der Waals surface area contributed by atoms with Gasteiger partial charge in [-0.3, -0.25) is 4.79 Å². The van der Waals surface area contributed by atoms with E-state index in [1.54, 1.807) is 12.1 Å². The minimum absolute atomic E-state index is 0.204. The molecule has 15 heavy (non-hydrogen) atoms. The smallest absolute Gasteiger partial charge is 0.188 e. The summed E-state index contributed by atoms with van der Waals surface area (Å²) in [4.78, 5) is 11.3. The predicted octanol–water partition coefficient (Wildman–Crippen LogP) is 1.75. The lowest BCUT2D eigenvalue weighted by molar-refractivity contribution is -0.116. The molecule has 0 radical (unpaired) electrons. The molecule has 0 heterocycles. The molecule has 0 spiro atoms. The van der Waals surface area contributed by atoms with Gasteiger partial charge < -0.3 is 0 Å². The number of rotatable bonds is 3. The third kappa shape index (κ3) is 2.45. The molecule has 0 saturated carbocycles. The quantitative estimate of drug-likeness (QED) is 0.789. The van der Waals surface area contributed by atoms with Crippen LogP contribution < -0.4 is 0 Å². The molecule has 1 atom stereocenters. The van der Waals surface area contributed by atoms with E-state index in [1.807, 2.05) is 6.92 Å². The highest BCUT2D eigenvalue weighted by Crippen LogP contribution is 2.17. The first kappa shape index (κ1) is 11.9. The van der Waals surface area contributed by atoms with Crippen molar-refractivity contribution in [3.8, 4) is 0 Å². The normalized spacial score (nSPS) is 13.5. The van der Waals surface area contributed by atoms with Gasteiger partial charge in [0.25, 0.3) is 0 Å². The molecule has 0 aliphatic rings. The summed E-state index contributed by atoms with van der Waals surface area (Å²) >= 11 is 0. The Balaban J connectivity index is 3.17. The highest BCUT2D eigenvalue weighted by Gasteiger charge is 2.26. The maximum atomic E-state index is 11.9. The van der Waals surface area contributed by atoms with Crippen molar-refractivity contribution >= 4 is 15.6 Å². The molecule has 0 aliphatic heterocycles. The Bertz CT molecular complexity index is 457. The highest BCUT2D eigenvalue weighted by molar-refractivity contribution is 7.92. The van der Waals surface area contributed by atoms with Crippen LogP contribution in [0.5, 0.6) is 0 Å². The standard InChI is InChI=1S/C11H14O3S/c1-8-4-6-11(7-5-8)15(13,14)10(3)9(2)12/h4-7,10H,1-3H3. The Labute approximate surface area is 90.0 Å². The fourth-order valence-corrected chi connectivity index (χ4v) is 2.51. The summed E-state index contributed by atoms with van der Waals surface area (Å²) in [7, 11) is -3.50. The number of carbonyl (C=O) groups excluding carboxylic acids is 1. The van der Waals surface area contributed by atoms with E-state index in [2.05, 4.69) is 0 Å². The van der Waals surface area contributed by atoms with Gasteiger partial charge in [0.1, 0.15) is 11.0 Å². The van der Waals surface area contributed by atoms with Crippen molar-refractivity contribution in [1.29, 1.82) is 0 Å². The molecule has 1 aromatic rings. The summed E-state index contributed by atoms with van der Waals surface area (Å²) in [5.74, 6) is -0.337. The summed E-state index contributed by atoms with van der Waals surface area (Å²) in [6.45, 7) is 4.58. The van der Waals surface area contributed by atoms with Crippen LogP contribution in [0.4, 0.5) is 0 Å².